The van der Waals surface area contributed by atoms with Crippen molar-refractivity contribution in [1.29, 1.82) is 0 Å². The molecule has 100 valence electrons. The standard InChI is InChI=1S/C16H25NO/c1-12-8-7-9-14(13(12)2)15(18)16(3,4)17-10-5-6-11-17/h7-9,15,18H,5-6,10-11H2,1-4H3. The molecule has 2 heteroatoms. The summed E-state index contributed by atoms with van der Waals surface area (Å²) in [5.74, 6) is 0. The first-order chi connectivity index (χ1) is 8.44. The molecule has 1 fully saturated rings. The predicted octanol–water partition coefficient (Wildman–Crippen LogP) is 3.21. The Bertz CT molecular complexity index is 419. The van der Waals surface area contributed by atoms with Gasteiger partial charge in [0.1, 0.15) is 0 Å². The molecule has 0 radical (unpaired) electrons. The zero-order valence-electron chi connectivity index (χ0n) is 12.0. The van der Waals surface area contributed by atoms with E-state index in [0.29, 0.717) is 0 Å². The third kappa shape index (κ3) is 2.32. The largest absolute Gasteiger partial charge is 0.386 e. The Balaban J connectivity index is 2.29. The molecule has 1 aromatic rings. The van der Waals surface area contributed by atoms with Crippen molar-refractivity contribution in [2.75, 3.05) is 13.1 Å². The quantitative estimate of drug-likeness (QED) is 0.886. The summed E-state index contributed by atoms with van der Waals surface area (Å²) in [5.41, 5.74) is 3.36. The van der Waals surface area contributed by atoms with Crippen molar-refractivity contribution in [2.45, 2.75) is 52.2 Å². The van der Waals surface area contributed by atoms with Crippen molar-refractivity contribution >= 4 is 0 Å². The summed E-state index contributed by atoms with van der Waals surface area (Å²) in [6.07, 6.45) is 2.09. The number of rotatable bonds is 3. The van der Waals surface area contributed by atoms with Gasteiger partial charge in [0.05, 0.1) is 6.10 Å². The van der Waals surface area contributed by atoms with Crippen LogP contribution in [0.5, 0.6) is 0 Å². The monoisotopic (exact) mass is 247 g/mol. The van der Waals surface area contributed by atoms with Crippen LogP contribution in [0.2, 0.25) is 0 Å². The molecule has 0 aliphatic carbocycles. The Labute approximate surface area is 111 Å². The summed E-state index contributed by atoms with van der Waals surface area (Å²) in [6.45, 7) is 10.7. The first kappa shape index (κ1) is 13.6. The van der Waals surface area contributed by atoms with Crippen LogP contribution in [0.15, 0.2) is 18.2 Å². The fourth-order valence-electron chi connectivity index (χ4n) is 2.92. The second kappa shape index (κ2) is 5.02. The van der Waals surface area contributed by atoms with Crippen molar-refractivity contribution in [1.82, 2.24) is 4.90 Å². The summed E-state index contributed by atoms with van der Waals surface area (Å²) < 4.78 is 0. The second-order valence-electron chi connectivity index (χ2n) is 6.04. The highest BCUT2D eigenvalue weighted by Crippen LogP contribution is 2.35. The molecule has 0 amide bonds. The molecule has 18 heavy (non-hydrogen) atoms. The molecule has 1 heterocycles. The molecule has 1 aliphatic rings. The molecular weight excluding hydrogens is 222 g/mol. The lowest BCUT2D eigenvalue weighted by Gasteiger charge is -2.40. The summed E-state index contributed by atoms with van der Waals surface area (Å²) in [6, 6.07) is 6.21. The average Bonchev–Trinajstić information content (AvgIpc) is 2.86. The van der Waals surface area contributed by atoms with Gasteiger partial charge in [0.15, 0.2) is 0 Å². The van der Waals surface area contributed by atoms with Gasteiger partial charge in [0.2, 0.25) is 0 Å². The SMILES string of the molecule is Cc1cccc(C(O)C(C)(C)N2CCCC2)c1C. The minimum Gasteiger partial charge on any atom is -0.386 e. The van der Waals surface area contributed by atoms with Crippen LogP contribution in [-0.4, -0.2) is 28.6 Å². The lowest BCUT2D eigenvalue weighted by atomic mass is 9.86. The van der Waals surface area contributed by atoms with Crippen LogP contribution < -0.4 is 0 Å². The average molecular weight is 247 g/mol. The van der Waals surface area contributed by atoms with Gasteiger partial charge in [-0.2, -0.15) is 0 Å². The van der Waals surface area contributed by atoms with Crippen LogP contribution in [-0.2, 0) is 0 Å². The second-order valence-corrected chi connectivity index (χ2v) is 6.04. The Morgan fingerprint density at radius 1 is 1.17 bits per heavy atom. The van der Waals surface area contributed by atoms with Crippen molar-refractivity contribution < 1.29 is 5.11 Å². The highest BCUT2D eigenvalue weighted by Gasteiger charge is 2.37. The third-order valence-electron chi connectivity index (χ3n) is 4.53. The van der Waals surface area contributed by atoms with Gasteiger partial charge in [0.25, 0.3) is 0 Å². The molecule has 1 saturated heterocycles. The highest BCUT2D eigenvalue weighted by molar-refractivity contribution is 5.36. The van der Waals surface area contributed by atoms with E-state index in [1.54, 1.807) is 0 Å². The van der Waals surface area contributed by atoms with Gasteiger partial charge in [-0.3, -0.25) is 4.90 Å². The molecule has 0 bridgehead atoms. The third-order valence-corrected chi connectivity index (χ3v) is 4.53. The maximum absolute atomic E-state index is 10.8. The Morgan fingerprint density at radius 2 is 1.78 bits per heavy atom. The van der Waals surface area contributed by atoms with E-state index in [0.717, 1.165) is 18.7 Å². The van der Waals surface area contributed by atoms with Crippen LogP contribution in [0.3, 0.4) is 0 Å². The first-order valence-electron chi connectivity index (χ1n) is 6.94. The van der Waals surface area contributed by atoms with Crippen LogP contribution in [0.4, 0.5) is 0 Å². The van der Waals surface area contributed by atoms with Crippen molar-refractivity contribution in [2.24, 2.45) is 0 Å². The zero-order chi connectivity index (χ0) is 13.3. The molecule has 2 nitrogen and oxygen atoms in total. The summed E-state index contributed by atoms with van der Waals surface area (Å²) in [5, 5.41) is 10.8. The number of aliphatic hydroxyl groups is 1. The van der Waals surface area contributed by atoms with Crippen molar-refractivity contribution in [3.05, 3.63) is 34.9 Å². The molecular formula is C16H25NO. The van der Waals surface area contributed by atoms with Gasteiger partial charge in [0, 0.05) is 5.54 Å². The Kier molecular flexibility index (Phi) is 3.79. The summed E-state index contributed by atoms with van der Waals surface area (Å²) >= 11 is 0. The number of aryl methyl sites for hydroxylation is 1. The smallest absolute Gasteiger partial charge is 0.0970 e. The van der Waals surface area contributed by atoms with E-state index in [-0.39, 0.29) is 5.54 Å². The van der Waals surface area contributed by atoms with Crippen LogP contribution in [0.25, 0.3) is 0 Å². The minimum absolute atomic E-state index is 0.185. The molecule has 0 saturated carbocycles. The predicted molar refractivity (Wildman–Crippen MR) is 75.8 cm³/mol. The Hall–Kier alpha value is -0.860. The number of benzene rings is 1. The van der Waals surface area contributed by atoms with Gasteiger partial charge in [-0.1, -0.05) is 18.2 Å². The summed E-state index contributed by atoms with van der Waals surface area (Å²) in [4.78, 5) is 2.42. The molecule has 1 aromatic carbocycles. The first-order valence-corrected chi connectivity index (χ1v) is 6.94. The number of hydrogen-bond donors (Lipinski definition) is 1. The fourth-order valence-corrected chi connectivity index (χ4v) is 2.92. The van der Waals surface area contributed by atoms with Crippen LogP contribution >= 0.6 is 0 Å². The highest BCUT2D eigenvalue weighted by atomic mass is 16.3. The topological polar surface area (TPSA) is 23.5 Å². The van der Waals surface area contributed by atoms with E-state index < -0.39 is 6.10 Å². The molecule has 0 aromatic heterocycles. The number of nitrogens with zero attached hydrogens (tertiary/aromatic N) is 1. The molecule has 1 atom stereocenters. The lowest BCUT2D eigenvalue weighted by molar-refractivity contribution is 0.000940. The van der Waals surface area contributed by atoms with E-state index >= 15 is 0 Å². The zero-order valence-corrected chi connectivity index (χ0v) is 12.0. The van der Waals surface area contributed by atoms with Gasteiger partial charge >= 0.3 is 0 Å². The lowest BCUT2D eigenvalue weighted by Crippen LogP contribution is -2.47. The van der Waals surface area contributed by atoms with E-state index in [4.69, 9.17) is 0 Å². The van der Waals surface area contributed by atoms with E-state index in [1.807, 2.05) is 6.07 Å². The molecule has 1 aliphatic heterocycles. The minimum atomic E-state index is -0.421. The van der Waals surface area contributed by atoms with E-state index in [2.05, 4.69) is 44.7 Å². The molecule has 0 spiro atoms. The van der Waals surface area contributed by atoms with Crippen LogP contribution in [0, 0.1) is 13.8 Å². The van der Waals surface area contributed by atoms with Crippen LogP contribution in [0.1, 0.15) is 49.5 Å². The normalized spacial score (nSPS) is 19.2. The maximum atomic E-state index is 10.8. The van der Waals surface area contributed by atoms with Gasteiger partial charge in [-0.25, -0.2) is 0 Å². The number of likely N-dealkylation sites (tertiary alicyclic amines) is 1. The van der Waals surface area contributed by atoms with Gasteiger partial charge < -0.3 is 5.11 Å². The van der Waals surface area contributed by atoms with Crippen molar-refractivity contribution in [3.8, 4) is 0 Å². The molecule has 2 rings (SSSR count). The number of aliphatic hydroxyl groups excluding tert-OH is 1. The van der Waals surface area contributed by atoms with Gasteiger partial charge in [-0.15, -0.1) is 0 Å². The summed E-state index contributed by atoms with van der Waals surface area (Å²) in [7, 11) is 0. The van der Waals surface area contributed by atoms with Gasteiger partial charge in [-0.05, 0) is 70.3 Å². The Morgan fingerprint density at radius 3 is 2.39 bits per heavy atom. The maximum Gasteiger partial charge on any atom is 0.0970 e. The number of hydrogen-bond acceptors (Lipinski definition) is 2. The van der Waals surface area contributed by atoms with E-state index in [9.17, 15) is 5.11 Å². The molecule has 1 N–H and O–H groups in total. The fraction of sp³-hybridized carbons (Fsp3) is 0.625. The van der Waals surface area contributed by atoms with Crippen molar-refractivity contribution in [3.63, 3.8) is 0 Å². The molecule has 1 unspecified atom stereocenters. The van der Waals surface area contributed by atoms with E-state index in [1.165, 1.54) is 24.0 Å².